The lowest BCUT2D eigenvalue weighted by Gasteiger charge is -2.32. The van der Waals surface area contributed by atoms with Crippen molar-refractivity contribution in [2.75, 3.05) is 25.9 Å². The second-order valence-corrected chi connectivity index (χ2v) is 9.27. The van der Waals surface area contributed by atoms with E-state index in [0.717, 1.165) is 30.1 Å². The van der Waals surface area contributed by atoms with Crippen molar-refractivity contribution in [2.24, 2.45) is 4.99 Å². The van der Waals surface area contributed by atoms with E-state index in [-0.39, 0.29) is 35.8 Å². The highest BCUT2D eigenvalue weighted by molar-refractivity contribution is 14.0. The average Bonchev–Trinajstić information content (AvgIpc) is 3.26. The molecule has 1 aromatic heterocycles. The molecule has 0 amide bonds. The molecule has 2 heterocycles. The molecule has 8 nitrogen and oxygen atoms in total. The highest BCUT2D eigenvalue weighted by atomic mass is 127. The minimum Gasteiger partial charge on any atom is -0.354 e. The minimum absolute atomic E-state index is 0. The van der Waals surface area contributed by atoms with E-state index < -0.39 is 10.0 Å². The lowest BCUT2D eigenvalue weighted by Crippen LogP contribution is -2.49. The first-order chi connectivity index (χ1) is 14.0. The maximum Gasteiger partial charge on any atom is 0.214 e. The number of rotatable bonds is 7. The van der Waals surface area contributed by atoms with Gasteiger partial charge < -0.3 is 10.6 Å². The van der Waals surface area contributed by atoms with Gasteiger partial charge in [0.2, 0.25) is 10.0 Å². The first-order valence-electron chi connectivity index (χ1n) is 10.1. The molecular formula is C20H31IN6O2S. The van der Waals surface area contributed by atoms with Gasteiger partial charge >= 0.3 is 0 Å². The van der Waals surface area contributed by atoms with E-state index in [4.69, 9.17) is 0 Å². The van der Waals surface area contributed by atoms with Crippen molar-refractivity contribution in [3.63, 3.8) is 0 Å². The Bertz CT molecular complexity index is 909. The van der Waals surface area contributed by atoms with Crippen LogP contribution in [0.2, 0.25) is 0 Å². The van der Waals surface area contributed by atoms with Crippen LogP contribution in [0, 0.1) is 0 Å². The van der Waals surface area contributed by atoms with Gasteiger partial charge in [-0.2, -0.15) is 5.10 Å². The molecule has 30 heavy (non-hydrogen) atoms. The SMILES string of the molecule is CCCS(=O)(=O)N1CCC(NC(=NC)NCc2cccc(-n3cccn3)c2)CC1.I. The fourth-order valence-electron chi connectivity index (χ4n) is 3.47. The van der Waals surface area contributed by atoms with E-state index in [0.29, 0.717) is 26.1 Å². The molecule has 0 unspecified atom stereocenters. The van der Waals surface area contributed by atoms with Gasteiger partial charge in [-0.1, -0.05) is 19.1 Å². The summed E-state index contributed by atoms with van der Waals surface area (Å²) in [6.45, 7) is 3.65. The lowest BCUT2D eigenvalue weighted by molar-refractivity contribution is 0.306. The Kier molecular flexibility index (Phi) is 9.56. The predicted octanol–water partition coefficient (Wildman–Crippen LogP) is 2.36. The molecule has 1 fully saturated rings. The molecule has 1 aliphatic heterocycles. The number of hydrogen-bond donors (Lipinski definition) is 2. The zero-order chi connectivity index (χ0) is 20.7. The highest BCUT2D eigenvalue weighted by Crippen LogP contribution is 2.15. The quantitative estimate of drug-likeness (QED) is 0.316. The molecule has 0 spiro atoms. The molecule has 0 saturated carbocycles. The van der Waals surface area contributed by atoms with Crippen LogP contribution in [0.1, 0.15) is 31.7 Å². The lowest BCUT2D eigenvalue weighted by atomic mass is 10.1. The Hall–Kier alpha value is -1.66. The summed E-state index contributed by atoms with van der Waals surface area (Å²) in [5.74, 6) is 0.954. The minimum atomic E-state index is -3.11. The van der Waals surface area contributed by atoms with Gasteiger partial charge in [0.25, 0.3) is 0 Å². The van der Waals surface area contributed by atoms with Crippen molar-refractivity contribution < 1.29 is 8.42 Å². The van der Waals surface area contributed by atoms with Crippen LogP contribution in [0.4, 0.5) is 0 Å². The number of guanidine groups is 1. The third-order valence-electron chi connectivity index (χ3n) is 5.01. The van der Waals surface area contributed by atoms with Crippen molar-refractivity contribution >= 4 is 40.0 Å². The number of sulfonamides is 1. The summed E-state index contributed by atoms with van der Waals surface area (Å²) in [7, 11) is -1.36. The van der Waals surface area contributed by atoms with E-state index in [1.54, 1.807) is 17.5 Å². The van der Waals surface area contributed by atoms with Gasteiger partial charge in [-0.15, -0.1) is 24.0 Å². The first-order valence-corrected chi connectivity index (χ1v) is 11.7. The van der Waals surface area contributed by atoms with Gasteiger partial charge in [-0.3, -0.25) is 4.99 Å². The van der Waals surface area contributed by atoms with Gasteiger partial charge in [-0.05, 0) is 43.0 Å². The molecule has 1 aliphatic rings. The number of nitrogens with zero attached hydrogens (tertiary/aromatic N) is 4. The van der Waals surface area contributed by atoms with Crippen LogP contribution in [0.15, 0.2) is 47.7 Å². The molecule has 2 aromatic rings. The molecule has 0 atom stereocenters. The first kappa shape index (κ1) is 24.6. The maximum absolute atomic E-state index is 12.2. The van der Waals surface area contributed by atoms with Crippen LogP contribution in [0.3, 0.4) is 0 Å². The van der Waals surface area contributed by atoms with Crippen molar-refractivity contribution in [2.45, 2.75) is 38.8 Å². The zero-order valence-electron chi connectivity index (χ0n) is 17.5. The van der Waals surface area contributed by atoms with Crippen LogP contribution in [-0.4, -0.2) is 60.4 Å². The largest absolute Gasteiger partial charge is 0.354 e. The fourth-order valence-corrected chi connectivity index (χ4v) is 5.01. The molecule has 0 aliphatic carbocycles. The van der Waals surface area contributed by atoms with Gasteiger partial charge in [0.05, 0.1) is 11.4 Å². The Morgan fingerprint density at radius 2 is 2.03 bits per heavy atom. The molecular weight excluding hydrogens is 515 g/mol. The third kappa shape index (κ3) is 6.67. The summed E-state index contributed by atoms with van der Waals surface area (Å²) in [4.78, 5) is 4.31. The second-order valence-electron chi connectivity index (χ2n) is 7.18. The summed E-state index contributed by atoms with van der Waals surface area (Å²) in [5, 5.41) is 11.0. The van der Waals surface area contributed by atoms with Gasteiger partial charge in [0, 0.05) is 45.1 Å². The molecule has 0 bridgehead atoms. The highest BCUT2D eigenvalue weighted by Gasteiger charge is 2.27. The average molecular weight is 546 g/mol. The van der Waals surface area contributed by atoms with E-state index in [9.17, 15) is 8.42 Å². The topological polar surface area (TPSA) is 91.6 Å². The summed E-state index contributed by atoms with van der Waals surface area (Å²) in [6.07, 6.45) is 5.88. The molecule has 1 saturated heterocycles. The van der Waals surface area contributed by atoms with Crippen LogP contribution in [0.25, 0.3) is 5.69 Å². The molecule has 166 valence electrons. The van der Waals surface area contributed by atoms with Crippen LogP contribution in [-0.2, 0) is 16.6 Å². The van der Waals surface area contributed by atoms with E-state index in [2.05, 4.69) is 32.9 Å². The Labute approximate surface area is 196 Å². The number of benzene rings is 1. The van der Waals surface area contributed by atoms with Crippen molar-refractivity contribution in [3.8, 4) is 5.69 Å². The standard InChI is InChI=1S/C20H30N6O2S.HI/c1-3-14-29(27,28)25-12-8-18(9-13-25)24-20(21-2)22-16-17-6-4-7-19(15-17)26-11-5-10-23-26;/h4-7,10-11,15,18H,3,8-9,12-14,16H2,1-2H3,(H2,21,22,24);1H. The number of aromatic nitrogens is 2. The number of hydrogen-bond acceptors (Lipinski definition) is 4. The predicted molar refractivity (Wildman–Crippen MR) is 131 cm³/mol. The van der Waals surface area contributed by atoms with E-state index >= 15 is 0 Å². The molecule has 1 aromatic carbocycles. The van der Waals surface area contributed by atoms with Crippen molar-refractivity contribution in [3.05, 3.63) is 48.3 Å². The van der Waals surface area contributed by atoms with E-state index in [1.165, 1.54) is 0 Å². The normalized spacial score (nSPS) is 16.1. The summed E-state index contributed by atoms with van der Waals surface area (Å²) >= 11 is 0. The monoisotopic (exact) mass is 546 g/mol. The van der Waals surface area contributed by atoms with Crippen LogP contribution >= 0.6 is 24.0 Å². The third-order valence-corrected chi connectivity index (χ3v) is 7.09. The second kappa shape index (κ2) is 11.7. The molecule has 3 rings (SSSR count). The fraction of sp³-hybridized carbons (Fsp3) is 0.500. The summed E-state index contributed by atoms with van der Waals surface area (Å²) < 4.78 is 27.9. The molecule has 2 N–H and O–H groups in total. The zero-order valence-corrected chi connectivity index (χ0v) is 20.6. The van der Waals surface area contributed by atoms with Crippen molar-refractivity contribution in [1.82, 2.24) is 24.7 Å². The smallest absolute Gasteiger partial charge is 0.214 e. The van der Waals surface area contributed by atoms with Gasteiger partial charge in [0.15, 0.2) is 5.96 Å². The molecule has 0 radical (unpaired) electrons. The number of nitrogens with one attached hydrogen (secondary N) is 2. The number of halogens is 1. The van der Waals surface area contributed by atoms with Gasteiger partial charge in [-0.25, -0.2) is 17.4 Å². The van der Waals surface area contributed by atoms with Crippen LogP contribution < -0.4 is 10.6 Å². The van der Waals surface area contributed by atoms with E-state index in [1.807, 2.05) is 36.0 Å². The Morgan fingerprint density at radius 1 is 1.27 bits per heavy atom. The number of aliphatic imine (C=N–C) groups is 1. The maximum atomic E-state index is 12.2. The number of piperidine rings is 1. The summed E-state index contributed by atoms with van der Waals surface area (Å²) in [5.41, 5.74) is 2.14. The van der Waals surface area contributed by atoms with Crippen LogP contribution in [0.5, 0.6) is 0 Å². The van der Waals surface area contributed by atoms with Crippen molar-refractivity contribution in [1.29, 1.82) is 0 Å². The molecule has 10 heteroatoms. The Balaban J connectivity index is 0.00000320. The Morgan fingerprint density at radius 3 is 2.67 bits per heavy atom. The summed E-state index contributed by atoms with van der Waals surface area (Å²) in [6, 6.07) is 10.3. The van der Waals surface area contributed by atoms with Gasteiger partial charge in [0.1, 0.15) is 0 Å².